The van der Waals surface area contributed by atoms with Crippen molar-refractivity contribution >= 4 is 28.1 Å². The molecule has 3 aromatic rings. The minimum atomic E-state index is -0.391. The Bertz CT molecular complexity index is 1040. The van der Waals surface area contributed by atoms with Crippen molar-refractivity contribution < 1.29 is 19.4 Å². The molecule has 3 aromatic carbocycles. The van der Waals surface area contributed by atoms with Crippen LogP contribution in [0.15, 0.2) is 76.3 Å². The molecule has 3 rings (SSSR count). The number of phenolic OH excluding ortho intramolecular Hbond substituents is 1. The van der Waals surface area contributed by atoms with Crippen LogP contribution in [0.4, 0.5) is 0 Å². The van der Waals surface area contributed by atoms with E-state index in [0.717, 1.165) is 5.56 Å². The second-order valence-corrected chi connectivity index (χ2v) is 7.11. The fourth-order valence-electron chi connectivity index (χ4n) is 2.67. The molecule has 0 saturated heterocycles. The predicted molar refractivity (Wildman–Crippen MR) is 119 cm³/mol. The fraction of sp³-hybridized carbons (Fsp3) is 0.130. The monoisotopic (exact) mass is 468 g/mol. The van der Waals surface area contributed by atoms with Crippen LogP contribution in [0.25, 0.3) is 0 Å². The zero-order valence-electron chi connectivity index (χ0n) is 16.3. The van der Waals surface area contributed by atoms with Crippen molar-refractivity contribution in [2.75, 3.05) is 6.61 Å². The van der Waals surface area contributed by atoms with Crippen LogP contribution in [0.2, 0.25) is 0 Å². The first-order valence-electron chi connectivity index (χ1n) is 9.33. The summed E-state index contributed by atoms with van der Waals surface area (Å²) >= 11 is 3.27. The first-order chi connectivity index (χ1) is 14.6. The molecule has 154 valence electrons. The van der Waals surface area contributed by atoms with Crippen molar-refractivity contribution in [3.8, 4) is 17.2 Å². The normalized spacial score (nSPS) is 10.7. The van der Waals surface area contributed by atoms with E-state index >= 15 is 0 Å². The summed E-state index contributed by atoms with van der Waals surface area (Å²) < 4.78 is 11.7. The molecule has 7 heteroatoms. The summed E-state index contributed by atoms with van der Waals surface area (Å²) in [7, 11) is 0. The van der Waals surface area contributed by atoms with Crippen LogP contribution in [0.1, 0.15) is 28.4 Å². The van der Waals surface area contributed by atoms with E-state index in [1.165, 1.54) is 6.21 Å². The van der Waals surface area contributed by atoms with Gasteiger partial charge in [-0.1, -0.05) is 42.5 Å². The Labute approximate surface area is 183 Å². The molecule has 6 nitrogen and oxygen atoms in total. The van der Waals surface area contributed by atoms with Crippen molar-refractivity contribution in [1.82, 2.24) is 5.43 Å². The predicted octanol–water partition coefficient (Wildman–Crippen LogP) is 4.90. The molecule has 0 aliphatic carbocycles. The van der Waals surface area contributed by atoms with Crippen molar-refractivity contribution in [1.29, 1.82) is 0 Å². The maximum atomic E-state index is 12.6. The van der Waals surface area contributed by atoms with E-state index in [0.29, 0.717) is 40.3 Å². The first-order valence-corrected chi connectivity index (χ1v) is 10.1. The number of carbonyl (C=O) groups is 1. The van der Waals surface area contributed by atoms with Crippen molar-refractivity contribution in [2.45, 2.75) is 13.5 Å². The smallest absolute Gasteiger partial charge is 0.275 e. The van der Waals surface area contributed by atoms with Crippen LogP contribution in [0, 0.1) is 0 Å². The first kappa shape index (κ1) is 21.4. The Kier molecular flexibility index (Phi) is 7.45. The summed E-state index contributed by atoms with van der Waals surface area (Å²) in [6.07, 6.45) is 1.47. The number of ether oxygens (including phenoxy) is 2. The van der Waals surface area contributed by atoms with E-state index in [4.69, 9.17) is 9.47 Å². The number of nitrogens with zero attached hydrogens (tertiary/aromatic N) is 1. The Morgan fingerprint density at radius 1 is 1.07 bits per heavy atom. The number of amides is 1. The molecule has 2 N–H and O–H groups in total. The lowest BCUT2D eigenvalue weighted by Crippen LogP contribution is -2.18. The highest BCUT2D eigenvalue weighted by atomic mass is 79.9. The number of nitrogens with one attached hydrogen (secondary N) is 1. The topological polar surface area (TPSA) is 80.2 Å². The number of halogens is 1. The molecule has 0 bridgehead atoms. The maximum absolute atomic E-state index is 12.6. The lowest BCUT2D eigenvalue weighted by Gasteiger charge is -2.10. The Morgan fingerprint density at radius 3 is 2.57 bits per heavy atom. The van der Waals surface area contributed by atoms with Gasteiger partial charge < -0.3 is 14.6 Å². The third-order valence-electron chi connectivity index (χ3n) is 4.10. The quantitative estimate of drug-likeness (QED) is 0.364. The van der Waals surface area contributed by atoms with Gasteiger partial charge in [0.2, 0.25) is 0 Å². The molecule has 30 heavy (non-hydrogen) atoms. The van der Waals surface area contributed by atoms with Crippen LogP contribution in [0.3, 0.4) is 0 Å². The minimum Gasteiger partial charge on any atom is -0.503 e. The van der Waals surface area contributed by atoms with Crippen molar-refractivity contribution in [3.63, 3.8) is 0 Å². The SMILES string of the molecule is CCOc1cc(/C=N\NC(=O)c2ccccc2OCc2ccccc2)cc(Br)c1O. The highest BCUT2D eigenvalue weighted by Gasteiger charge is 2.12. The standard InChI is InChI=1S/C23H21BrN2O4/c1-2-29-21-13-17(12-19(24)22(21)27)14-25-26-23(28)18-10-6-7-11-20(18)30-15-16-8-4-3-5-9-16/h3-14,27H,2,15H2,1H3,(H,26,28)/b25-14-. The Hall–Kier alpha value is -3.32. The molecule has 0 aromatic heterocycles. The molecule has 1 amide bonds. The second kappa shape index (κ2) is 10.5. The molecular formula is C23H21BrN2O4. The van der Waals surface area contributed by atoms with Gasteiger partial charge in [-0.2, -0.15) is 5.10 Å². The highest BCUT2D eigenvalue weighted by Crippen LogP contribution is 2.35. The number of benzene rings is 3. The third-order valence-corrected chi connectivity index (χ3v) is 4.70. The molecule has 0 unspecified atom stereocenters. The summed E-state index contributed by atoms with van der Waals surface area (Å²) in [5, 5.41) is 14.0. The van der Waals surface area contributed by atoms with E-state index in [1.807, 2.05) is 43.3 Å². The zero-order valence-corrected chi connectivity index (χ0v) is 17.9. The van der Waals surface area contributed by atoms with E-state index in [-0.39, 0.29) is 5.75 Å². The van der Waals surface area contributed by atoms with Gasteiger partial charge in [0.15, 0.2) is 11.5 Å². The average Bonchev–Trinajstić information content (AvgIpc) is 2.76. The number of carbonyl (C=O) groups excluding carboxylic acids is 1. The van der Waals surface area contributed by atoms with Crippen molar-refractivity contribution in [2.24, 2.45) is 5.10 Å². The van der Waals surface area contributed by atoms with Crippen molar-refractivity contribution in [3.05, 3.63) is 87.9 Å². The number of para-hydroxylation sites is 1. The van der Waals surface area contributed by atoms with Crippen LogP contribution < -0.4 is 14.9 Å². The Morgan fingerprint density at radius 2 is 1.80 bits per heavy atom. The second-order valence-electron chi connectivity index (χ2n) is 6.25. The number of hydrazone groups is 1. The van der Waals surface area contributed by atoms with Crippen LogP contribution in [-0.4, -0.2) is 23.8 Å². The summed E-state index contributed by atoms with van der Waals surface area (Å²) in [5.41, 5.74) is 4.54. The van der Waals surface area contributed by atoms with Gasteiger partial charge in [0, 0.05) is 0 Å². The van der Waals surface area contributed by atoms with E-state index in [1.54, 1.807) is 30.3 Å². The van der Waals surface area contributed by atoms with Gasteiger partial charge in [-0.25, -0.2) is 5.43 Å². The molecule has 0 heterocycles. The molecule has 0 aliphatic rings. The third kappa shape index (κ3) is 5.61. The van der Waals surface area contributed by atoms with Gasteiger partial charge in [-0.05, 0) is 58.2 Å². The number of aromatic hydroxyl groups is 1. The average molecular weight is 469 g/mol. The minimum absolute atomic E-state index is 0.0162. The molecule has 0 aliphatic heterocycles. The van der Waals surface area contributed by atoms with Gasteiger partial charge in [-0.15, -0.1) is 0 Å². The number of phenols is 1. The highest BCUT2D eigenvalue weighted by molar-refractivity contribution is 9.10. The number of rotatable bonds is 8. The lowest BCUT2D eigenvalue weighted by molar-refractivity contribution is 0.0950. The van der Waals surface area contributed by atoms with E-state index in [9.17, 15) is 9.90 Å². The van der Waals surface area contributed by atoms with Gasteiger partial charge in [0.05, 0.1) is 22.9 Å². The van der Waals surface area contributed by atoms with Gasteiger partial charge >= 0.3 is 0 Å². The van der Waals surface area contributed by atoms with Gasteiger partial charge in [0.25, 0.3) is 5.91 Å². The Balaban J connectivity index is 1.68. The van der Waals surface area contributed by atoms with E-state index < -0.39 is 5.91 Å². The maximum Gasteiger partial charge on any atom is 0.275 e. The summed E-state index contributed by atoms with van der Waals surface area (Å²) in [6.45, 7) is 2.60. The molecule has 0 spiro atoms. The summed E-state index contributed by atoms with van der Waals surface area (Å²) in [4.78, 5) is 12.6. The zero-order chi connectivity index (χ0) is 21.3. The summed E-state index contributed by atoms with van der Waals surface area (Å²) in [5.74, 6) is 0.430. The summed E-state index contributed by atoms with van der Waals surface area (Å²) in [6, 6.07) is 20.0. The molecule has 0 atom stereocenters. The van der Waals surface area contributed by atoms with Crippen LogP contribution in [-0.2, 0) is 6.61 Å². The van der Waals surface area contributed by atoms with Gasteiger partial charge in [-0.3, -0.25) is 4.79 Å². The van der Waals surface area contributed by atoms with E-state index in [2.05, 4.69) is 26.5 Å². The molecule has 0 fully saturated rings. The van der Waals surface area contributed by atoms with Gasteiger partial charge in [0.1, 0.15) is 12.4 Å². The number of hydrogen-bond donors (Lipinski definition) is 2. The molecule has 0 radical (unpaired) electrons. The van der Waals surface area contributed by atoms with Crippen LogP contribution in [0.5, 0.6) is 17.2 Å². The molecular weight excluding hydrogens is 448 g/mol. The van der Waals surface area contributed by atoms with Crippen LogP contribution >= 0.6 is 15.9 Å². The lowest BCUT2D eigenvalue weighted by atomic mass is 10.2. The molecule has 0 saturated carbocycles. The number of hydrogen-bond acceptors (Lipinski definition) is 5. The largest absolute Gasteiger partial charge is 0.503 e. The fourth-order valence-corrected chi connectivity index (χ4v) is 3.13.